The molecule has 1 heterocycles. The van der Waals surface area contributed by atoms with Crippen molar-refractivity contribution in [3.8, 4) is 0 Å². The Morgan fingerprint density at radius 3 is 2.74 bits per heavy atom. The number of rotatable bonds is 2. The van der Waals surface area contributed by atoms with Crippen molar-refractivity contribution in [1.82, 2.24) is 4.98 Å². The molecular weight excluding hydrogens is 335 g/mol. The SMILES string of the molecule is Cc1nc(Cl)ccc1NC(=O)c1ccc(F)cc1Br. The van der Waals surface area contributed by atoms with Crippen molar-refractivity contribution in [2.45, 2.75) is 6.92 Å². The second-order valence-corrected chi connectivity index (χ2v) is 5.09. The van der Waals surface area contributed by atoms with Gasteiger partial charge in [-0.2, -0.15) is 0 Å². The molecule has 0 saturated carbocycles. The van der Waals surface area contributed by atoms with E-state index in [0.717, 1.165) is 0 Å². The number of aromatic nitrogens is 1. The molecule has 0 aliphatic rings. The number of nitrogens with zero attached hydrogens (tertiary/aromatic N) is 1. The molecule has 19 heavy (non-hydrogen) atoms. The Balaban J connectivity index is 2.25. The predicted octanol–water partition coefficient (Wildman–Crippen LogP) is 4.20. The first-order valence-corrected chi connectivity index (χ1v) is 6.54. The number of hydrogen-bond acceptors (Lipinski definition) is 2. The molecule has 1 amide bonds. The average Bonchev–Trinajstić information content (AvgIpc) is 2.32. The minimum Gasteiger partial charge on any atom is -0.320 e. The summed E-state index contributed by atoms with van der Waals surface area (Å²) < 4.78 is 13.4. The Morgan fingerprint density at radius 2 is 2.11 bits per heavy atom. The Labute approximate surface area is 122 Å². The first kappa shape index (κ1) is 14.0. The van der Waals surface area contributed by atoms with Crippen molar-refractivity contribution >= 4 is 39.1 Å². The Hall–Kier alpha value is -1.46. The molecule has 0 saturated heterocycles. The summed E-state index contributed by atoms with van der Waals surface area (Å²) in [6.45, 7) is 1.74. The molecule has 0 fully saturated rings. The van der Waals surface area contributed by atoms with E-state index < -0.39 is 5.82 Å². The van der Waals surface area contributed by atoms with Crippen molar-refractivity contribution in [3.05, 3.63) is 57.0 Å². The van der Waals surface area contributed by atoms with Gasteiger partial charge in [0.2, 0.25) is 0 Å². The van der Waals surface area contributed by atoms with Gasteiger partial charge in [-0.25, -0.2) is 9.37 Å². The molecule has 2 aromatic rings. The van der Waals surface area contributed by atoms with Gasteiger partial charge in [-0.15, -0.1) is 0 Å². The van der Waals surface area contributed by atoms with Crippen LogP contribution in [-0.4, -0.2) is 10.9 Å². The highest BCUT2D eigenvalue weighted by molar-refractivity contribution is 9.10. The third-order valence-corrected chi connectivity index (χ3v) is 3.34. The van der Waals surface area contributed by atoms with Crippen molar-refractivity contribution in [2.75, 3.05) is 5.32 Å². The van der Waals surface area contributed by atoms with E-state index in [9.17, 15) is 9.18 Å². The molecule has 0 unspecified atom stereocenters. The number of anilines is 1. The van der Waals surface area contributed by atoms with E-state index in [1.807, 2.05) is 0 Å². The van der Waals surface area contributed by atoms with E-state index >= 15 is 0 Å². The number of halogens is 3. The number of pyridine rings is 1. The summed E-state index contributed by atoms with van der Waals surface area (Å²) in [5.41, 5.74) is 1.51. The molecule has 0 aliphatic heterocycles. The van der Waals surface area contributed by atoms with Gasteiger partial charge in [-0.3, -0.25) is 4.79 Å². The third kappa shape index (κ3) is 3.30. The zero-order valence-electron chi connectivity index (χ0n) is 9.88. The molecule has 1 aromatic heterocycles. The lowest BCUT2D eigenvalue weighted by atomic mass is 10.2. The van der Waals surface area contributed by atoms with Gasteiger partial charge in [0.25, 0.3) is 5.91 Å². The molecule has 0 aliphatic carbocycles. The quantitative estimate of drug-likeness (QED) is 0.831. The highest BCUT2D eigenvalue weighted by atomic mass is 79.9. The van der Waals surface area contributed by atoms with E-state index in [4.69, 9.17) is 11.6 Å². The summed E-state index contributed by atoms with van der Waals surface area (Å²) in [6, 6.07) is 7.13. The molecule has 0 radical (unpaired) electrons. The largest absolute Gasteiger partial charge is 0.320 e. The van der Waals surface area contributed by atoms with Gasteiger partial charge >= 0.3 is 0 Å². The van der Waals surface area contributed by atoms with Crippen LogP contribution in [0.4, 0.5) is 10.1 Å². The molecule has 2 rings (SSSR count). The molecule has 1 aromatic carbocycles. The minimum absolute atomic E-state index is 0.343. The maximum Gasteiger partial charge on any atom is 0.256 e. The number of hydrogen-bond donors (Lipinski definition) is 1. The van der Waals surface area contributed by atoms with Crippen LogP contribution in [0, 0.1) is 12.7 Å². The van der Waals surface area contributed by atoms with Gasteiger partial charge in [0.15, 0.2) is 0 Å². The van der Waals surface area contributed by atoms with Gasteiger partial charge < -0.3 is 5.32 Å². The molecule has 0 spiro atoms. The van der Waals surface area contributed by atoms with Gasteiger partial charge in [0, 0.05) is 4.47 Å². The summed E-state index contributed by atoms with van der Waals surface area (Å²) in [5.74, 6) is -0.758. The van der Waals surface area contributed by atoms with Crippen molar-refractivity contribution in [2.24, 2.45) is 0 Å². The van der Waals surface area contributed by atoms with Gasteiger partial charge in [0.1, 0.15) is 11.0 Å². The molecule has 0 bridgehead atoms. The maximum absolute atomic E-state index is 13.0. The van der Waals surface area contributed by atoms with Crippen molar-refractivity contribution in [1.29, 1.82) is 0 Å². The lowest BCUT2D eigenvalue weighted by molar-refractivity contribution is 0.102. The summed E-state index contributed by atoms with van der Waals surface area (Å²) >= 11 is 8.89. The fraction of sp³-hybridized carbons (Fsp3) is 0.0769. The van der Waals surface area contributed by atoms with Crippen LogP contribution in [-0.2, 0) is 0 Å². The monoisotopic (exact) mass is 342 g/mol. The van der Waals surface area contributed by atoms with Crippen LogP contribution in [0.1, 0.15) is 16.1 Å². The number of benzene rings is 1. The smallest absolute Gasteiger partial charge is 0.256 e. The minimum atomic E-state index is -0.409. The molecule has 98 valence electrons. The van der Waals surface area contributed by atoms with Gasteiger partial charge in [0.05, 0.1) is 16.9 Å². The summed E-state index contributed by atoms with van der Waals surface area (Å²) in [4.78, 5) is 16.1. The van der Waals surface area contributed by atoms with E-state index in [2.05, 4.69) is 26.2 Å². The van der Waals surface area contributed by atoms with Crippen LogP contribution in [0.2, 0.25) is 5.15 Å². The van der Waals surface area contributed by atoms with Crippen LogP contribution in [0.15, 0.2) is 34.8 Å². The molecule has 1 N–H and O–H groups in total. The maximum atomic E-state index is 13.0. The fourth-order valence-corrected chi connectivity index (χ4v) is 2.25. The lowest BCUT2D eigenvalue weighted by Crippen LogP contribution is -2.14. The van der Waals surface area contributed by atoms with E-state index in [1.54, 1.807) is 19.1 Å². The standard InChI is InChI=1S/C13H9BrClFN2O/c1-7-11(4-5-12(15)17-7)18-13(19)9-3-2-8(16)6-10(9)14/h2-6H,1H3,(H,18,19). The molecule has 0 atom stereocenters. The fourth-order valence-electron chi connectivity index (χ4n) is 1.53. The van der Waals surface area contributed by atoms with E-state index in [0.29, 0.717) is 26.6 Å². The predicted molar refractivity (Wildman–Crippen MR) is 76.0 cm³/mol. The Kier molecular flexibility index (Phi) is 4.17. The number of carbonyl (C=O) groups is 1. The first-order chi connectivity index (χ1) is 8.97. The van der Waals surface area contributed by atoms with Crippen LogP contribution < -0.4 is 5.32 Å². The summed E-state index contributed by atoms with van der Waals surface area (Å²) in [7, 11) is 0. The zero-order chi connectivity index (χ0) is 14.0. The average molecular weight is 344 g/mol. The number of carbonyl (C=O) groups excluding carboxylic acids is 1. The lowest BCUT2D eigenvalue weighted by Gasteiger charge is -2.09. The summed E-state index contributed by atoms with van der Waals surface area (Å²) in [5, 5.41) is 3.06. The van der Waals surface area contributed by atoms with Gasteiger partial charge in [-0.1, -0.05) is 11.6 Å². The van der Waals surface area contributed by atoms with Crippen LogP contribution in [0.5, 0.6) is 0 Å². The van der Waals surface area contributed by atoms with Crippen molar-refractivity contribution < 1.29 is 9.18 Å². The Morgan fingerprint density at radius 1 is 1.37 bits per heavy atom. The Bertz CT molecular complexity index is 649. The summed E-state index contributed by atoms with van der Waals surface area (Å²) in [6.07, 6.45) is 0. The normalized spacial score (nSPS) is 10.3. The first-order valence-electron chi connectivity index (χ1n) is 5.37. The van der Waals surface area contributed by atoms with Crippen molar-refractivity contribution in [3.63, 3.8) is 0 Å². The zero-order valence-corrected chi connectivity index (χ0v) is 12.2. The second kappa shape index (κ2) is 5.67. The second-order valence-electron chi connectivity index (χ2n) is 3.85. The van der Waals surface area contributed by atoms with Crippen LogP contribution in [0.3, 0.4) is 0 Å². The topological polar surface area (TPSA) is 42.0 Å². The third-order valence-electron chi connectivity index (χ3n) is 2.48. The number of amides is 1. The molecule has 6 heteroatoms. The molecular formula is C13H9BrClFN2O. The number of aryl methyl sites for hydroxylation is 1. The van der Waals surface area contributed by atoms with Gasteiger partial charge in [-0.05, 0) is 53.2 Å². The van der Waals surface area contributed by atoms with Crippen LogP contribution in [0.25, 0.3) is 0 Å². The van der Waals surface area contributed by atoms with Crippen LogP contribution >= 0.6 is 27.5 Å². The van der Waals surface area contributed by atoms with E-state index in [1.165, 1.54) is 18.2 Å². The highest BCUT2D eigenvalue weighted by Crippen LogP contribution is 2.21. The molecule has 3 nitrogen and oxygen atoms in total. The van der Waals surface area contributed by atoms with E-state index in [-0.39, 0.29) is 5.91 Å². The highest BCUT2D eigenvalue weighted by Gasteiger charge is 2.12. The number of nitrogens with one attached hydrogen (secondary N) is 1.